The Balaban J connectivity index is 1.37. The molecule has 0 bridgehead atoms. The van der Waals surface area contributed by atoms with E-state index in [0.717, 1.165) is 20.8 Å². The molecule has 0 spiro atoms. The van der Waals surface area contributed by atoms with Gasteiger partial charge >= 0.3 is 0 Å². The fourth-order valence-electron chi connectivity index (χ4n) is 3.26. The number of benzene rings is 3. The number of halogens is 1. The molecule has 1 aliphatic rings. The lowest BCUT2D eigenvalue weighted by Gasteiger charge is -2.18. The van der Waals surface area contributed by atoms with Crippen LogP contribution in [0.15, 0.2) is 64.5 Å². The quantitative estimate of drug-likeness (QED) is 0.417. The number of anilines is 2. The number of carbonyl (C=O) groups is 2. The largest absolute Gasteiger partial charge is 0.482 e. The van der Waals surface area contributed by atoms with Crippen molar-refractivity contribution in [2.24, 2.45) is 0 Å². The van der Waals surface area contributed by atoms with Crippen LogP contribution in [-0.2, 0) is 4.79 Å². The van der Waals surface area contributed by atoms with Crippen LogP contribution in [-0.4, -0.2) is 23.4 Å². The molecule has 1 aromatic heterocycles. The van der Waals surface area contributed by atoms with E-state index < -0.39 is 0 Å². The predicted molar refractivity (Wildman–Crippen MR) is 121 cm³/mol. The molecule has 4 aromatic rings. The molecule has 2 heterocycles. The molecule has 2 N–H and O–H groups in total. The van der Waals surface area contributed by atoms with E-state index in [2.05, 4.69) is 31.5 Å². The number of rotatable bonds is 3. The van der Waals surface area contributed by atoms with E-state index in [1.807, 2.05) is 47.8 Å². The van der Waals surface area contributed by atoms with Gasteiger partial charge in [-0.2, -0.15) is 0 Å². The van der Waals surface area contributed by atoms with Gasteiger partial charge in [0, 0.05) is 21.0 Å². The van der Waals surface area contributed by atoms with Crippen molar-refractivity contribution >= 4 is 60.7 Å². The Hall–Kier alpha value is -3.23. The van der Waals surface area contributed by atoms with Gasteiger partial charge in [-0.1, -0.05) is 34.1 Å². The number of hydrogen-bond acceptors (Lipinski definition) is 5. The molecule has 148 valence electrons. The number of carbonyl (C=O) groups excluding carboxylic acids is 2. The van der Waals surface area contributed by atoms with Gasteiger partial charge in [0.25, 0.3) is 11.8 Å². The normalized spacial score (nSPS) is 12.8. The van der Waals surface area contributed by atoms with Crippen LogP contribution in [0.25, 0.3) is 22.0 Å². The highest BCUT2D eigenvalue weighted by molar-refractivity contribution is 9.10. The van der Waals surface area contributed by atoms with Crippen LogP contribution in [0.1, 0.15) is 10.4 Å². The van der Waals surface area contributed by atoms with E-state index in [4.69, 9.17) is 4.74 Å². The maximum Gasteiger partial charge on any atom is 0.262 e. The van der Waals surface area contributed by atoms with Crippen LogP contribution in [0.4, 0.5) is 10.8 Å². The average molecular weight is 480 g/mol. The molecule has 30 heavy (non-hydrogen) atoms. The van der Waals surface area contributed by atoms with Crippen molar-refractivity contribution in [2.45, 2.75) is 0 Å². The van der Waals surface area contributed by atoms with Crippen LogP contribution in [0, 0.1) is 0 Å². The zero-order valence-corrected chi connectivity index (χ0v) is 17.8. The van der Waals surface area contributed by atoms with Crippen LogP contribution >= 0.6 is 27.3 Å². The first-order chi connectivity index (χ1) is 14.6. The van der Waals surface area contributed by atoms with Gasteiger partial charge in [0.15, 0.2) is 11.7 Å². The van der Waals surface area contributed by atoms with Gasteiger partial charge in [0.2, 0.25) is 0 Å². The number of amides is 2. The van der Waals surface area contributed by atoms with E-state index in [9.17, 15) is 9.59 Å². The summed E-state index contributed by atoms with van der Waals surface area (Å²) < 4.78 is 6.37. The Labute approximate surface area is 184 Å². The van der Waals surface area contributed by atoms with Gasteiger partial charge in [-0.3, -0.25) is 14.9 Å². The lowest BCUT2D eigenvalue weighted by molar-refractivity contribution is -0.118. The summed E-state index contributed by atoms with van der Waals surface area (Å²) in [5.74, 6) is 0.224. The number of nitrogens with one attached hydrogen (secondary N) is 2. The zero-order valence-electron chi connectivity index (χ0n) is 15.4. The molecular weight excluding hydrogens is 466 g/mol. The summed E-state index contributed by atoms with van der Waals surface area (Å²) in [7, 11) is 0. The van der Waals surface area contributed by atoms with E-state index in [0.29, 0.717) is 27.8 Å². The Morgan fingerprint density at radius 3 is 2.97 bits per heavy atom. The molecule has 1 aliphatic heterocycles. The number of ether oxygens (including phenoxy) is 1. The molecule has 0 saturated heterocycles. The summed E-state index contributed by atoms with van der Waals surface area (Å²) in [6.07, 6.45) is 0. The highest BCUT2D eigenvalue weighted by atomic mass is 79.9. The van der Waals surface area contributed by atoms with E-state index in [1.165, 1.54) is 11.3 Å². The summed E-state index contributed by atoms with van der Waals surface area (Å²) in [5, 5.41) is 10.0. The molecular formula is C22H14BrN3O3S. The van der Waals surface area contributed by atoms with Gasteiger partial charge in [-0.15, -0.1) is 11.3 Å². The van der Waals surface area contributed by atoms with E-state index >= 15 is 0 Å². The molecule has 0 unspecified atom stereocenters. The molecule has 6 nitrogen and oxygen atoms in total. The number of hydrogen-bond donors (Lipinski definition) is 2. The van der Waals surface area contributed by atoms with Crippen LogP contribution < -0.4 is 15.4 Å². The molecule has 0 saturated carbocycles. The lowest BCUT2D eigenvalue weighted by Crippen LogP contribution is -2.25. The summed E-state index contributed by atoms with van der Waals surface area (Å²) in [6.45, 7) is 0.0188. The molecule has 0 fully saturated rings. The fraction of sp³-hybridized carbons (Fsp3) is 0.0455. The standard InChI is InChI=1S/C22H14BrN3O3S/c23-16-3-1-2-12-8-14(4-6-15(12)16)21(28)26-22-25-18(11-30-22)13-5-7-19-17(9-13)24-20(27)10-29-19/h1-9,11H,10H2,(H,24,27)(H,25,26,28). The van der Waals surface area contributed by atoms with Crippen molar-refractivity contribution in [3.8, 4) is 17.0 Å². The molecule has 5 rings (SSSR count). The third-order valence-corrected chi connectivity index (χ3v) is 6.17. The van der Waals surface area contributed by atoms with Crippen LogP contribution in [0.5, 0.6) is 5.75 Å². The monoisotopic (exact) mass is 479 g/mol. The third kappa shape index (κ3) is 3.55. The van der Waals surface area contributed by atoms with Crippen molar-refractivity contribution in [3.63, 3.8) is 0 Å². The smallest absolute Gasteiger partial charge is 0.262 e. The maximum absolute atomic E-state index is 12.7. The fourth-order valence-corrected chi connectivity index (χ4v) is 4.49. The molecule has 0 aliphatic carbocycles. The number of aromatic nitrogens is 1. The SMILES string of the molecule is O=C1COc2ccc(-c3csc(NC(=O)c4ccc5c(Br)cccc5c4)n3)cc2N1. The Morgan fingerprint density at radius 1 is 1.17 bits per heavy atom. The van der Waals surface area contributed by atoms with Gasteiger partial charge < -0.3 is 10.1 Å². The van der Waals surface area contributed by atoms with Gasteiger partial charge in [-0.25, -0.2) is 4.98 Å². The predicted octanol–water partition coefficient (Wildman–Crippen LogP) is 5.31. The second-order valence-electron chi connectivity index (χ2n) is 6.72. The Kier molecular flexibility index (Phi) is 4.72. The minimum atomic E-state index is -0.219. The van der Waals surface area contributed by atoms with Gasteiger partial charge in [-0.05, 0) is 47.2 Å². The Morgan fingerprint density at radius 2 is 2.07 bits per heavy atom. The highest BCUT2D eigenvalue weighted by Gasteiger charge is 2.17. The van der Waals surface area contributed by atoms with Gasteiger partial charge in [0.05, 0.1) is 11.4 Å². The van der Waals surface area contributed by atoms with Crippen LogP contribution in [0.3, 0.4) is 0 Å². The summed E-state index contributed by atoms with van der Waals surface area (Å²) >= 11 is 4.87. The highest BCUT2D eigenvalue weighted by Crippen LogP contribution is 2.34. The second-order valence-corrected chi connectivity index (χ2v) is 8.43. The average Bonchev–Trinajstić information content (AvgIpc) is 3.21. The molecule has 0 atom stereocenters. The molecule has 8 heteroatoms. The minimum absolute atomic E-state index is 0.0188. The first kappa shape index (κ1) is 18.8. The summed E-state index contributed by atoms with van der Waals surface area (Å²) in [6, 6.07) is 16.9. The van der Waals surface area contributed by atoms with Crippen molar-refractivity contribution < 1.29 is 14.3 Å². The zero-order chi connectivity index (χ0) is 20.7. The van der Waals surface area contributed by atoms with Crippen molar-refractivity contribution in [1.29, 1.82) is 0 Å². The number of fused-ring (bicyclic) bond motifs is 2. The third-order valence-electron chi connectivity index (χ3n) is 4.72. The first-order valence-electron chi connectivity index (χ1n) is 9.09. The van der Waals surface area contributed by atoms with Crippen LogP contribution in [0.2, 0.25) is 0 Å². The number of thiazole rings is 1. The van der Waals surface area contributed by atoms with Crippen molar-refractivity contribution in [3.05, 3.63) is 70.0 Å². The summed E-state index contributed by atoms with van der Waals surface area (Å²) in [5.41, 5.74) is 2.71. The lowest BCUT2D eigenvalue weighted by atomic mass is 10.1. The topological polar surface area (TPSA) is 80.3 Å². The van der Waals surface area contributed by atoms with Crippen molar-refractivity contribution in [2.75, 3.05) is 17.2 Å². The molecule has 0 radical (unpaired) electrons. The maximum atomic E-state index is 12.7. The Bertz CT molecular complexity index is 1320. The van der Waals surface area contributed by atoms with Crippen molar-refractivity contribution in [1.82, 2.24) is 4.98 Å². The first-order valence-corrected chi connectivity index (χ1v) is 10.8. The van der Waals surface area contributed by atoms with E-state index in [-0.39, 0.29) is 18.4 Å². The molecule has 2 amide bonds. The van der Waals surface area contributed by atoms with E-state index in [1.54, 1.807) is 12.1 Å². The summed E-state index contributed by atoms with van der Waals surface area (Å²) in [4.78, 5) is 28.7. The molecule has 3 aromatic carbocycles. The second kappa shape index (κ2) is 7.55. The van der Waals surface area contributed by atoms with Gasteiger partial charge in [0.1, 0.15) is 5.75 Å². The number of nitrogens with zero attached hydrogens (tertiary/aromatic N) is 1. The minimum Gasteiger partial charge on any atom is -0.482 e.